The fourth-order valence-corrected chi connectivity index (χ4v) is 3.97. The number of aryl methyl sites for hydroxylation is 1. The summed E-state index contributed by atoms with van der Waals surface area (Å²) in [4.78, 5) is 15.1. The first-order chi connectivity index (χ1) is 13.0. The van der Waals surface area contributed by atoms with Gasteiger partial charge in [-0.1, -0.05) is 41.9 Å². The number of hydrogen-bond acceptors (Lipinski definition) is 2. The van der Waals surface area contributed by atoms with Crippen molar-refractivity contribution in [2.75, 3.05) is 4.90 Å². The normalized spacial score (nSPS) is 15.9. The molecular weight excluding hydrogens is 365 g/mol. The molecule has 0 saturated carbocycles. The van der Waals surface area contributed by atoms with Crippen molar-refractivity contribution >= 4 is 23.2 Å². The lowest BCUT2D eigenvalue weighted by Crippen LogP contribution is -2.36. The van der Waals surface area contributed by atoms with Crippen molar-refractivity contribution in [1.82, 2.24) is 9.78 Å². The second-order valence-electron chi connectivity index (χ2n) is 6.89. The van der Waals surface area contributed by atoms with Crippen LogP contribution in [0.1, 0.15) is 34.1 Å². The van der Waals surface area contributed by atoms with Crippen LogP contribution in [0.15, 0.2) is 48.5 Å². The standard InChI is InChI=1S/C21H19ClFN3O/c1-13-11-16-5-3-4-6-18(16)26(13)21(27)19-14(2)24-25(20(19)22)12-15-7-9-17(23)10-8-15/h3-10,13H,11-12H2,1-2H3/t13-/m0/s1. The molecule has 6 heteroatoms. The van der Waals surface area contributed by atoms with Gasteiger partial charge in [0, 0.05) is 11.7 Å². The Morgan fingerprint density at radius 1 is 1.22 bits per heavy atom. The Labute approximate surface area is 162 Å². The topological polar surface area (TPSA) is 38.1 Å². The Hall–Kier alpha value is -2.66. The van der Waals surface area contributed by atoms with Gasteiger partial charge < -0.3 is 4.90 Å². The lowest BCUT2D eigenvalue weighted by atomic mass is 10.1. The molecule has 0 saturated heterocycles. The molecule has 2 aromatic carbocycles. The van der Waals surface area contributed by atoms with Gasteiger partial charge in [-0.3, -0.25) is 4.79 Å². The monoisotopic (exact) mass is 383 g/mol. The summed E-state index contributed by atoms with van der Waals surface area (Å²) in [5.74, 6) is -0.431. The van der Waals surface area contributed by atoms with Gasteiger partial charge in [-0.15, -0.1) is 0 Å². The summed E-state index contributed by atoms with van der Waals surface area (Å²) in [5.41, 5.74) is 3.95. The van der Waals surface area contributed by atoms with E-state index in [9.17, 15) is 9.18 Å². The summed E-state index contributed by atoms with van der Waals surface area (Å²) in [6.07, 6.45) is 0.822. The zero-order valence-corrected chi connectivity index (χ0v) is 15.9. The zero-order valence-electron chi connectivity index (χ0n) is 15.1. The molecule has 2 heterocycles. The molecule has 0 bridgehead atoms. The molecule has 3 aromatic rings. The fourth-order valence-electron chi connectivity index (χ4n) is 3.66. The van der Waals surface area contributed by atoms with E-state index in [1.165, 1.54) is 12.1 Å². The van der Waals surface area contributed by atoms with Crippen molar-refractivity contribution in [3.63, 3.8) is 0 Å². The number of nitrogens with zero attached hydrogens (tertiary/aromatic N) is 3. The maximum Gasteiger partial charge on any atom is 0.263 e. The number of benzene rings is 2. The number of carbonyl (C=O) groups excluding carboxylic acids is 1. The molecule has 138 valence electrons. The number of fused-ring (bicyclic) bond motifs is 1. The first kappa shape index (κ1) is 17.7. The number of anilines is 1. The van der Waals surface area contributed by atoms with Crippen LogP contribution in [0.25, 0.3) is 0 Å². The molecular formula is C21H19ClFN3O. The minimum atomic E-state index is -0.293. The van der Waals surface area contributed by atoms with Gasteiger partial charge in [0.15, 0.2) is 0 Å². The van der Waals surface area contributed by atoms with Crippen molar-refractivity contribution in [2.45, 2.75) is 32.9 Å². The molecule has 1 atom stereocenters. The van der Waals surface area contributed by atoms with E-state index in [1.54, 1.807) is 28.6 Å². The zero-order chi connectivity index (χ0) is 19.1. The van der Waals surface area contributed by atoms with Crippen molar-refractivity contribution in [3.05, 3.63) is 81.9 Å². The smallest absolute Gasteiger partial charge is 0.263 e. The van der Waals surface area contributed by atoms with Gasteiger partial charge in [0.25, 0.3) is 5.91 Å². The average Bonchev–Trinajstić information content (AvgIpc) is 3.12. The summed E-state index contributed by atoms with van der Waals surface area (Å²) in [5, 5.41) is 4.75. The van der Waals surface area contributed by atoms with Crippen LogP contribution < -0.4 is 4.90 Å². The molecule has 1 aliphatic rings. The fraction of sp³-hybridized carbons (Fsp3) is 0.238. The Balaban J connectivity index is 1.67. The number of para-hydroxylation sites is 1. The molecule has 1 aromatic heterocycles. The predicted molar refractivity (Wildman–Crippen MR) is 104 cm³/mol. The number of hydrogen-bond donors (Lipinski definition) is 0. The second-order valence-corrected chi connectivity index (χ2v) is 7.25. The summed E-state index contributed by atoms with van der Waals surface area (Å²) >= 11 is 6.54. The molecule has 27 heavy (non-hydrogen) atoms. The molecule has 0 unspecified atom stereocenters. The van der Waals surface area contributed by atoms with Gasteiger partial charge in [0.2, 0.25) is 0 Å². The molecule has 4 nitrogen and oxygen atoms in total. The quantitative estimate of drug-likeness (QED) is 0.661. The van der Waals surface area contributed by atoms with Crippen LogP contribution in [0.2, 0.25) is 5.15 Å². The summed E-state index contributed by atoms with van der Waals surface area (Å²) in [6, 6.07) is 14.1. The van der Waals surface area contributed by atoms with Crippen LogP contribution >= 0.6 is 11.6 Å². The van der Waals surface area contributed by atoms with Crippen LogP contribution in [0.5, 0.6) is 0 Å². The lowest BCUT2D eigenvalue weighted by Gasteiger charge is -2.22. The maximum absolute atomic E-state index is 13.3. The van der Waals surface area contributed by atoms with E-state index in [0.29, 0.717) is 23.0 Å². The van der Waals surface area contributed by atoms with E-state index in [-0.39, 0.29) is 17.8 Å². The summed E-state index contributed by atoms with van der Waals surface area (Å²) < 4.78 is 14.7. The third-order valence-corrected chi connectivity index (χ3v) is 5.34. The Bertz CT molecular complexity index is 1010. The van der Waals surface area contributed by atoms with Crippen LogP contribution in [-0.2, 0) is 13.0 Å². The Morgan fingerprint density at radius 3 is 2.67 bits per heavy atom. The number of rotatable bonds is 3. The number of halogens is 2. The molecule has 0 radical (unpaired) electrons. The molecule has 0 N–H and O–H groups in total. The summed E-state index contributed by atoms with van der Waals surface area (Å²) in [7, 11) is 0. The Morgan fingerprint density at radius 2 is 1.93 bits per heavy atom. The van der Waals surface area contributed by atoms with Gasteiger partial charge in [-0.05, 0) is 49.6 Å². The minimum Gasteiger partial charge on any atom is -0.305 e. The van der Waals surface area contributed by atoms with E-state index in [2.05, 4.69) is 5.10 Å². The van der Waals surface area contributed by atoms with Crippen molar-refractivity contribution in [1.29, 1.82) is 0 Å². The maximum atomic E-state index is 13.3. The van der Waals surface area contributed by atoms with Gasteiger partial charge in [-0.2, -0.15) is 5.10 Å². The summed E-state index contributed by atoms with van der Waals surface area (Å²) in [6.45, 7) is 4.19. The van der Waals surface area contributed by atoms with Gasteiger partial charge in [-0.25, -0.2) is 9.07 Å². The van der Waals surface area contributed by atoms with Gasteiger partial charge in [0.1, 0.15) is 11.0 Å². The third-order valence-electron chi connectivity index (χ3n) is 4.95. The second kappa shape index (κ2) is 6.82. The highest BCUT2D eigenvalue weighted by Crippen LogP contribution is 2.34. The number of amides is 1. The van der Waals surface area contributed by atoms with E-state index in [4.69, 9.17) is 11.6 Å². The van der Waals surface area contributed by atoms with E-state index in [0.717, 1.165) is 23.2 Å². The SMILES string of the molecule is Cc1nn(Cc2ccc(F)cc2)c(Cl)c1C(=O)N1c2ccccc2C[C@@H]1C. The largest absolute Gasteiger partial charge is 0.305 e. The number of aromatic nitrogens is 2. The molecule has 1 amide bonds. The van der Waals surface area contributed by atoms with Gasteiger partial charge >= 0.3 is 0 Å². The average molecular weight is 384 g/mol. The first-order valence-corrected chi connectivity index (χ1v) is 9.22. The Kier molecular flexibility index (Phi) is 4.48. The van der Waals surface area contributed by atoms with E-state index in [1.807, 2.05) is 31.2 Å². The van der Waals surface area contributed by atoms with Crippen LogP contribution in [0, 0.1) is 12.7 Å². The third kappa shape index (κ3) is 3.12. The molecule has 0 aliphatic carbocycles. The molecule has 4 rings (SSSR count). The van der Waals surface area contributed by atoms with E-state index < -0.39 is 0 Å². The minimum absolute atomic E-state index is 0.0609. The highest BCUT2D eigenvalue weighted by Gasteiger charge is 2.34. The molecule has 0 spiro atoms. The van der Waals surface area contributed by atoms with Crippen molar-refractivity contribution in [3.8, 4) is 0 Å². The number of carbonyl (C=O) groups is 1. The van der Waals surface area contributed by atoms with Gasteiger partial charge in [0.05, 0.1) is 17.8 Å². The van der Waals surface area contributed by atoms with Crippen molar-refractivity contribution < 1.29 is 9.18 Å². The molecule has 0 fully saturated rings. The van der Waals surface area contributed by atoms with Crippen LogP contribution in [0.3, 0.4) is 0 Å². The van der Waals surface area contributed by atoms with E-state index >= 15 is 0 Å². The van der Waals surface area contributed by atoms with Crippen molar-refractivity contribution in [2.24, 2.45) is 0 Å². The highest BCUT2D eigenvalue weighted by molar-refractivity contribution is 6.34. The highest BCUT2D eigenvalue weighted by atomic mass is 35.5. The first-order valence-electron chi connectivity index (χ1n) is 8.84. The van der Waals surface area contributed by atoms with Crippen LogP contribution in [-0.4, -0.2) is 21.7 Å². The predicted octanol–water partition coefficient (Wildman–Crippen LogP) is 4.62. The van der Waals surface area contributed by atoms with Crippen LogP contribution in [0.4, 0.5) is 10.1 Å². The molecule has 1 aliphatic heterocycles. The lowest BCUT2D eigenvalue weighted by molar-refractivity contribution is 0.0981.